The third-order valence-electron chi connectivity index (χ3n) is 2.41. The van der Waals surface area contributed by atoms with Crippen molar-refractivity contribution in [1.29, 1.82) is 0 Å². The molecule has 0 bridgehead atoms. The third kappa shape index (κ3) is 4.18. The van der Waals surface area contributed by atoms with Gasteiger partial charge < -0.3 is 15.6 Å². The first-order valence-corrected chi connectivity index (χ1v) is 5.35. The molecular formula is C12H20N2O2. The van der Waals surface area contributed by atoms with Crippen molar-refractivity contribution in [3.8, 4) is 5.75 Å². The standard InChI is InChI=1S/C12H20N2O2/c1-14(9-11(15)7-13)8-10-3-5-12(16-2)6-4-10/h3-6,11,15H,7-9,13H2,1-2H3. The molecule has 4 heteroatoms. The molecule has 0 saturated carbocycles. The smallest absolute Gasteiger partial charge is 0.118 e. The van der Waals surface area contributed by atoms with Gasteiger partial charge >= 0.3 is 0 Å². The van der Waals surface area contributed by atoms with E-state index in [1.807, 2.05) is 36.2 Å². The quantitative estimate of drug-likeness (QED) is 0.736. The zero-order valence-corrected chi connectivity index (χ0v) is 9.89. The highest BCUT2D eigenvalue weighted by atomic mass is 16.5. The number of benzene rings is 1. The zero-order chi connectivity index (χ0) is 12.0. The first kappa shape index (κ1) is 13.0. The van der Waals surface area contributed by atoms with Crippen LogP contribution in [0.3, 0.4) is 0 Å². The molecule has 0 spiro atoms. The number of rotatable bonds is 6. The van der Waals surface area contributed by atoms with Gasteiger partial charge in [0.15, 0.2) is 0 Å². The summed E-state index contributed by atoms with van der Waals surface area (Å²) in [5.74, 6) is 0.855. The fourth-order valence-electron chi connectivity index (χ4n) is 1.54. The fraction of sp³-hybridized carbons (Fsp3) is 0.500. The monoisotopic (exact) mass is 224 g/mol. The van der Waals surface area contributed by atoms with Crippen molar-refractivity contribution >= 4 is 0 Å². The summed E-state index contributed by atoms with van der Waals surface area (Å²) in [6.45, 7) is 1.68. The van der Waals surface area contributed by atoms with Gasteiger partial charge in [0.25, 0.3) is 0 Å². The number of methoxy groups -OCH3 is 1. The van der Waals surface area contributed by atoms with Gasteiger partial charge in [-0.3, -0.25) is 4.90 Å². The molecule has 0 fully saturated rings. The van der Waals surface area contributed by atoms with E-state index in [0.29, 0.717) is 13.1 Å². The SMILES string of the molecule is COc1ccc(CN(C)CC(O)CN)cc1. The van der Waals surface area contributed by atoms with Crippen LogP contribution in [0.5, 0.6) is 5.75 Å². The van der Waals surface area contributed by atoms with Crippen LogP contribution in [0.15, 0.2) is 24.3 Å². The second-order valence-corrected chi connectivity index (χ2v) is 3.93. The molecule has 1 rings (SSSR count). The molecule has 0 aliphatic carbocycles. The molecule has 0 aromatic heterocycles. The molecule has 90 valence electrons. The number of nitrogens with two attached hydrogens (primary N) is 1. The molecule has 0 amide bonds. The minimum atomic E-state index is -0.455. The van der Waals surface area contributed by atoms with E-state index in [4.69, 9.17) is 10.5 Å². The van der Waals surface area contributed by atoms with Crippen molar-refractivity contribution in [3.63, 3.8) is 0 Å². The lowest BCUT2D eigenvalue weighted by Gasteiger charge is -2.19. The maximum atomic E-state index is 9.40. The summed E-state index contributed by atoms with van der Waals surface area (Å²) < 4.78 is 5.09. The van der Waals surface area contributed by atoms with E-state index in [1.165, 1.54) is 5.56 Å². The zero-order valence-electron chi connectivity index (χ0n) is 9.89. The van der Waals surface area contributed by atoms with Crippen molar-refractivity contribution in [2.24, 2.45) is 5.73 Å². The van der Waals surface area contributed by atoms with E-state index < -0.39 is 6.10 Å². The molecule has 0 aliphatic heterocycles. The maximum Gasteiger partial charge on any atom is 0.118 e. The largest absolute Gasteiger partial charge is 0.497 e. The average Bonchev–Trinajstić information content (AvgIpc) is 2.29. The van der Waals surface area contributed by atoms with Crippen molar-refractivity contribution in [2.75, 3.05) is 27.2 Å². The summed E-state index contributed by atoms with van der Waals surface area (Å²) in [5, 5.41) is 9.40. The molecule has 1 aromatic rings. The topological polar surface area (TPSA) is 58.7 Å². The van der Waals surface area contributed by atoms with E-state index >= 15 is 0 Å². The molecule has 0 radical (unpaired) electrons. The van der Waals surface area contributed by atoms with Crippen LogP contribution in [0.25, 0.3) is 0 Å². The molecule has 1 atom stereocenters. The van der Waals surface area contributed by atoms with Crippen LogP contribution in [-0.4, -0.2) is 43.4 Å². The lowest BCUT2D eigenvalue weighted by Crippen LogP contribution is -2.33. The summed E-state index contributed by atoms with van der Waals surface area (Å²) >= 11 is 0. The molecule has 1 unspecified atom stereocenters. The van der Waals surface area contributed by atoms with Crippen LogP contribution in [-0.2, 0) is 6.54 Å². The summed E-state index contributed by atoms with van der Waals surface area (Å²) in [5.41, 5.74) is 6.55. The van der Waals surface area contributed by atoms with Gasteiger partial charge in [-0.2, -0.15) is 0 Å². The third-order valence-corrected chi connectivity index (χ3v) is 2.41. The van der Waals surface area contributed by atoms with Crippen molar-refractivity contribution in [1.82, 2.24) is 4.90 Å². The molecule has 0 aliphatic rings. The molecular weight excluding hydrogens is 204 g/mol. The number of hydrogen-bond acceptors (Lipinski definition) is 4. The van der Waals surface area contributed by atoms with E-state index in [2.05, 4.69) is 0 Å². The van der Waals surface area contributed by atoms with E-state index in [0.717, 1.165) is 12.3 Å². The van der Waals surface area contributed by atoms with Gasteiger partial charge in [0.2, 0.25) is 0 Å². The lowest BCUT2D eigenvalue weighted by molar-refractivity contribution is 0.129. The predicted molar refractivity (Wildman–Crippen MR) is 64.4 cm³/mol. The van der Waals surface area contributed by atoms with E-state index in [-0.39, 0.29) is 0 Å². The summed E-state index contributed by atoms with van der Waals surface area (Å²) in [4.78, 5) is 2.04. The first-order valence-electron chi connectivity index (χ1n) is 5.35. The van der Waals surface area contributed by atoms with Gasteiger partial charge in [-0.25, -0.2) is 0 Å². The Balaban J connectivity index is 2.46. The summed E-state index contributed by atoms with van der Waals surface area (Å²) in [6.07, 6.45) is -0.455. The highest BCUT2D eigenvalue weighted by Gasteiger charge is 2.06. The average molecular weight is 224 g/mol. The summed E-state index contributed by atoms with van der Waals surface area (Å²) in [6, 6.07) is 7.90. The van der Waals surface area contributed by atoms with Gasteiger partial charge in [-0.1, -0.05) is 12.1 Å². The Morgan fingerprint density at radius 3 is 2.50 bits per heavy atom. The molecule has 4 nitrogen and oxygen atoms in total. The normalized spacial score (nSPS) is 12.8. The Hall–Kier alpha value is -1.10. The number of nitrogens with zero attached hydrogens (tertiary/aromatic N) is 1. The van der Waals surface area contributed by atoms with Crippen LogP contribution in [0.4, 0.5) is 0 Å². The van der Waals surface area contributed by atoms with E-state index in [1.54, 1.807) is 7.11 Å². The number of aliphatic hydroxyl groups is 1. The Bertz CT molecular complexity index is 300. The first-order chi connectivity index (χ1) is 7.65. The van der Waals surface area contributed by atoms with Crippen LogP contribution >= 0.6 is 0 Å². The number of aliphatic hydroxyl groups excluding tert-OH is 1. The van der Waals surface area contributed by atoms with Gasteiger partial charge in [-0.05, 0) is 24.7 Å². The second kappa shape index (κ2) is 6.48. The molecule has 0 heterocycles. The Morgan fingerprint density at radius 1 is 1.38 bits per heavy atom. The van der Waals surface area contributed by atoms with Crippen molar-refractivity contribution < 1.29 is 9.84 Å². The highest BCUT2D eigenvalue weighted by Crippen LogP contribution is 2.12. The number of likely N-dealkylation sites (N-methyl/N-ethyl adjacent to an activating group) is 1. The second-order valence-electron chi connectivity index (χ2n) is 3.93. The van der Waals surface area contributed by atoms with Gasteiger partial charge in [0, 0.05) is 19.6 Å². The Kier molecular flexibility index (Phi) is 5.25. The molecule has 1 aromatic carbocycles. The number of ether oxygens (including phenoxy) is 1. The Morgan fingerprint density at radius 2 is 2.00 bits per heavy atom. The number of hydrogen-bond donors (Lipinski definition) is 2. The minimum absolute atomic E-state index is 0.299. The highest BCUT2D eigenvalue weighted by molar-refractivity contribution is 5.27. The van der Waals surface area contributed by atoms with Gasteiger partial charge in [0.05, 0.1) is 13.2 Å². The van der Waals surface area contributed by atoms with Crippen molar-refractivity contribution in [2.45, 2.75) is 12.6 Å². The fourth-order valence-corrected chi connectivity index (χ4v) is 1.54. The lowest BCUT2D eigenvalue weighted by atomic mass is 10.2. The van der Waals surface area contributed by atoms with Gasteiger partial charge in [-0.15, -0.1) is 0 Å². The van der Waals surface area contributed by atoms with E-state index in [9.17, 15) is 5.11 Å². The van der Waals surface area contributed by atoms with Crippen LogP contribution in [0.2, 0.25) is 0 Å². The van der Waals surface area contributed by atoms with Crippen LogP contribution < -0.4 is 10.5 Å². The summed E-state index contributed by atoms with van der Waals surface area (Å²) in [7, 11) is 3.61. The van der Waals surface area contributed by atoms with Gasteiger partial charge in [0.1, 0.15) is 5.75 Å². The molecule has 0 saturated heterocycles. The predicted octanol–water partition coefficient (Wildman–Crippen LogP) is 0.447. The van der Waals surface area contributed by atoms with Crippen molar-refractivity contribution in [3.05, 3.63) is 29.8 Å². The minimum Gasteiger partial charge on any atom is -0.497 e. The molecule has 3 N–H and O–H groups in total. The molecule has 16 heavy (non-hydrogen) atoms. The Labute approximate surface area is 96.6 Å². The maximum absolute atomic E-state index is 9.40. The van der Waals surface area contributed by atoms with Crippen LogP contribution in [0, 0.1) is 0 Å². The van der Waals surface area contributed by atoms with Crippen LogP contribution in [0.1, 0.15) is 5.56 Å².